The lowest BCUT2D eigenvalue weighted by molar-refractivity contribution is -0.138. The zero-order valence-electron chi connectivity index (χ0n) is 10.4. The zero-order chi connectivity index (χ0) is 13.8. The van der Waals surface area contributed by atoms with E-state index in [1.54, 1.807) is 0 Å². The molecule has 0 aliphatic heterocycles. The first-order valence-electron chi connectivity index (χ1n) is 5.88. The lowest BCUT2D eigenvalue weighted by atomic mass is 10.0. The number of halogens is 1. The predicted molar refractivity (Wildman–Crippen MR) is 79.3 cm³/mol. The first kappa shape index (κ1) is 13.6. The number of carboxylic acids is 1. The molecule has 0 amide bonds. The van der Waals surface area contributed by atoms with Gasteiger partial charge in [-0.15, -0.1) is 0 Å². The Bertz CT molecular complexity index is 584. The van der Waals surface area contributed by atoms with Crippen molar-refractivity contribution in [2.75, 3.05) is 5.32 Å². The van der Waals surface area contributed by atoms with E-state index in [1.807, 2.05) is 55.5 Å². The second kappa shape index (κ2) is 5.89. The third-order valence-corrected chi connectivity index (χ3v) is 3.49. The zero-order valence-corrected chi connectivity index (χ0v) is 12.0. The van der Waals surface area contributed by atoms with Gasteiger partial charge in [-0.1, -0.05) is 46.3 Å². The van der Waals surface area contributed by atoms with Crippen LogP contribution in [-0.4, -0.2) is 11.1 Å². The number of hydrogen-bond acceptors (Lipinski definition) is 2. The van der Waals surface area contributed by atoms with Crippen molar-refractivity contribution < 1.29 is 9.90 Å². The van der Waals surface area contributed by atoms with E-state index < -0.39 is 12.0 Å². The van der Waals surface area contributed by atoms with Crippen LogP contribution in [0, 0.1) is 6.92 Å². The van der Waals surface area contributed by atoms with Crippen LogP contribution in [0.4, 0.5) is 5.69 Å². The van der Waals surface area contributed by atoms with Crippen LogP contribution in [0.15, 0.2) is 53.0 Å². The molecule has 0 fully saturated rings. The highest BCUT2D eigenvalue weighted by Crippen LogP contribution is 2.27. The highest BCUT2D eigenvalue weighted by molar-refractivity contribution is 9.10. The molecule has 4 heteroatoms. The van der Waals surface area contributed by atoms with Crippen molar-refractivity contribution in [3.8, 4) is 0 Å². The third-order valence-electron chi connectivity index (χ3n) is 2.80. The Morgan fingerprint density at radius 2 is 1.89 bits per heavy atom. The average molecular weight is 320 g/mol. The molecule has 0 saturated carbocycles. The van der Waals surface area contributed by atoms with Crippen LogP contribution in [0.2, 0.25) is 0 Å². The number of aliphatic carboxylic acids is 1. The lowest BCUT2D eigenvalue weighted by Crippen LogP contribution is -2.20. The monoisotopic (exact) mass is 319 g/mol. The van der Waals surface area contributed by atoms with Crippen molar-refractivity contribution in [2.24, 2.45) is 0 Å². The van der Waals surface area contributed by atoms with E-state index in [9.17, 15) is 9.90 Å². The smallest absolute Gasteiger partial charge is 0.330 e. The summed E-state index contributed by atoms with van der Waals surface area (Å²) in [6.45, 7) is 1.97. The molecule has 98 valence electrons. The fraction of sp³-hybridized carbons (Fsp3) is 0.133. The van der Waals surface area contributed by atoms with Gasteiger partial charge in [0.15, 0.2) is 6.04 Å². The Balaban J connectivity index is 2.33. The summed E-state index contributed by atoms with van der Waals surface area (Å²) in [6, 6.07) is 14.2. The molecule has 1 unspecified atom stereocenters. The second-order valence-corrected chi connectivity index (χ2v) is 5.16. The number of rotatable bonds is 4. The second-order valence-electron chi connectivity index (χ2n) is 4.31. The number of hydrogen-bond donors (Lipinski definition) is 2. The molecule has 2 rings (SSSR count). The van der Waals surface area contributed by atoms with E-state index >= 15 is 0 Å². The van der Waals surface area contributed by atoms with Gasteiger partial charge in [0.25, 0.3) is 0 Å². The molecule has 0 aliphatic carbocycles. The Kier molecular flexibility index (Phi) is 4.22. The Morgan fingerprint density at radius 3 is 2.47 bits per heavy atom. The van der Waals surface area contributed by atoms with Crippen LogP contribution >= 0.6 is 15.9 Å². The molecule has 0 aliphatic rings. The molecule has 0 aromatic heterocycles. The van der Waals surface area contributed by atoms with Crippen molar-refractivity contribution in [3.63, 3.8) is 0 Å². The van der Waals surface area contributed by atoms with E-state index in [0.29, 0.717) is 5.56 Å². The van der Waals surface area contributed by atoms with E-state index in [-0.39, 0.29) is 0 Å². The molecule has 0 saturated heterocycles. The maximum atomic E-state index is 11.5. The lowest BCUT2D eigenvalue weighted by Gasteiger charge is -2.17. The molecule has 0 heterocycles. The van der Waals surface area contributed by atoms with Crippen molar-refractivity contribution in [3.05, 3.63) is 64.1 Å². The summed E-state index contributed by atoms with van der Waals surface area (Å²) in [6.07, 6.45) is 0. The first-order valence-corrected chi connectivity index (χ1v) is 6.67. The Hall–Kier alpha value is -1.81. The maximum Gasteiger partial charge on any atom is 0.330 e. The number of carbonyl (C=O) groups is 1. The van der Waals surface area contributed by atoms with Gasteiger partial charge in [0, 0.05) is 10.2 Å². The fourth-order valence-corrected chi connectivity index (χ4v) is 2.56. The summed E-state index contributed by atoms with van der Waals surface area (Å²) < 4.78 is 0.795. The van der Waals surface area contributed by atoms with E-state index in [1.165, 1.54) is 0 Å². The molecule has 2 aromatic rings. The summed E-state index contributed by atoms with van der Waals surface area (Å²) in [7, 11) is 0. The average Bonchev–Trinajstić information content (AvgIpc) is 2.38. The van der Waals surface area contributed by atoms with Crippen molar-refractivity contribution >= 4 is 27.6 Å². The fourth-order valence-electron chi connectivity index (χ4n) is 1.84. The van der Waals surface area contributed by atoms with E-state index in [2.05, 4.69) is 21.2 Å². The molecule has 0 radical (unpaired) electrons. The van der Waals surface area contributed by atoms with Gasteiger partial charge in [0.05, 0.1) is 0 Å². The molecule has 0 bridgehead atoms. The molecule has 1 atom stereocenters. The molecule has 2 N–H and O–H groups in total. The number of para-hydroxylation sites is 1. The predicted octanol–water partition coefficient (Wildman–Crippen LogP) is 4.00. The first-order chi connectivity index (χ1) is 9.08. The quantitative estimate of drug-likeness (QED) is 0.895. The molecular weight excluding hydrogens is 306 g/mol. The van der Waals surface area contributed by atoms with E-state index in [4.69, 9.17) is 0 Å². The van der Waals surface area contributed by atoms with Crippen molar-refractivity contribution in [1.29, 1.82) is 0 Å². The minimum Gasteiger partial charge on any atom is -0.479 e. The summed E-state index contributed by atoms with van der Waals surface area (Å²) >= 11 is 3.43. The molecule has 19 heavy (non-hydrogen) atoms. The van der Waals surface area contributed by atoms with Gasteiger partial charge < -0.3 is 10.4 Å². The molecule has 0 spiro atoms. The SMILES string of the molecule is Cc1ccc(C(Nc2ccccc2)C(=O)O)c(Br)c1. The van der Waals surface area contributed by atoms with Gasteiger partial charge in [-0.3, -0.25) is 0 Å². The van der Waals surface area contributed by atoms with Gasteiger partial charge in [-0.2, -0.15) is 0 Å². The maximum absolute atomic E-state index is 11.5. The highest BCUT2D eigenvalue weighted by atomic mass is 79.9. The van der Waals surface area contributed by atoms with Gasteiger partial charge in [-0.05, 0) is 36.2 Å². The van der Waals surface area contributed by atoms with Crippen LogP contribution in [0.1, 0.15) is 17.2 Å². The van der Waals surface area contributed by atoms with Crippen LogP contribution in [-0.2, 0) is 4.79 Å². The Morgan fingerprint density at radius 1 is 1.21 bits per heavy atom. The molecule has 2 aromatic carbocycles. The molecule has 3 nitrogen and oxygen atoms in total. The number of aryl methyl sites for hydroxylation is 1. The highest BCUT2D eigenvalue weighted by Gasteiger charge is 2.21. The van der Waals surface area contributed by atoms with Gasteiger partial charge in [0.1, 0.15) is 0 Å². The minimum atomic E-state index is -0.909. The van der Waals surface area contributed by atoms with Crippen LogP contribution in [0.25, 0.3) is 0 Å². The van der Waals surface area contributed by atoms with Crippen molar-refractivity contribution in [2.45, 2.75) is 13.0 Å². The minimum absolute atomic E-state index is 0.710. The van der Waals surface area contributed by atoms with Crippen LogP contribution in [0.3, 0.4) is 0 Å². The standard InChI is InChI=1S/C15H14BrNO2/c1-10-7-8-12(13(16)9-10)14(15(18)19)17-11-5-3-2-4-6-11/h2-9,14,17H,1H3,(H,18,19). The summed E-state index contributed by atoms with van der Waals surface area (Å²) in [5, 5.41) is 12.4. The van der Waals surface area contributed by atoms with Crippen LogP contribution in [0.5, 0.6) is 0 Å². The summed E-state index contributed by atoms with van der Waals surface area (Å²) in [4.78, 5) is 11.5. The van der Waals surface area contributed by atoms with Crippen molar-refractivity contribution in [1.82, 2.24) is 0 Å². The van der Waals surface area contributed by atoms with Crippen LogP contribution < -0.4 is 5.32 Å². The number of carboxylic acid groups (broad SMARTS) is 1. The van der Waals surface area contributed by atoms with Gasteiger partial charge in [0.2, 0.25) is 0 Å². The largest absolute Gasteiger partial charge is 0.479 e. The molecular formula is C15H14BrNO2. The number of anilines is 1. The van der Waals surface area contributed by atoms with Gasteiger partial charge >= 0.3 is 5.97 Å². The summed E-state index contributed by atoms with van der Waals surface area (Å²) in [5.74, 6) is -0.909. The summed E-state index contributed by atoms with van der Waals surface area (Å²) in [5.41, 5.74) is 2.57. The third kappa shape index (κ3) is 3.35. The number of nitrogens with one attached hydrogen (secondary N) is 1. The normalized spacial score (nSPS) is 11.9. The Labute approximate surface area is 120 Å². The van der Waals surface area contributed by atoms with E-state index in [0.717, 1.165) is 15.7 Å². The topological polar surface area (TPSA) is 49.3 Å². The van der Waals surface area contributed by atoms with Gasteiger partial charge in [-0.25, -0.2) is 4.79 Å². The number of benzene rings is 2.